The van der Waals surface area contributed by atoms with Crippen molar-refractivity contribution in [2.45, 2.75) is 31.8 Å². The van der Waals surface area contributed by atoms with Crippen LogP contribution in [0, 0.1) is 5.92 Å². The molecule has 2 aromatic carbocycles. The minimum absolute atomic E-state index is 0.131. The number of oxazole rings is 1. The number of anilines is 1. The molecule has 1 heterocycles. The fourth-order valence-electron chi connectivity index (χ4n) is 3.38. The first-order valence-electron chi connectivity index (χ1n) is 8.61. The molecule has 0 radical (unpaired) electrons. The van der Waals surface area contributed by atoms with Crippen molar-refractivity contribution in [2.75, 3.05) is 5.32 Å². The van der Waals surface area contributed by atoms with Crippen molar-refractivity contribution >= 4 is 22.7 Å². The van der Waals surface area contributed by atoms with Crippen LogP contribution in [-0.2, 0) is 11.2 Å². The second kappa shape index (κ2) is 6.69. The third kappa shape index (κ3) is 3.42. The van der Waals surface area contributed by atoms with Gasteiger partial charge in [-0.15, -0.1) is 0 Å². The van der Waals surface area contributed by atoms with Crippen LogP contribution in [0.4, 0.5) is 5.69 Å². The molecule has 25 heavy (non-hydrogen) atoms. The largest absolute Gasteiger partial charge is 0.440 e. The summed E-state index contributed by atoms with van der Waals surface area (Å²) < 4.78 is 5.83. The average molecular weight is 336 g/mol. The summed E-state index contributed by atoms with van der Waals surface area (Å²) in [5.41, 5.74) is 3.22. The normalized spacial score (nSPS) is 20.0. The number of benzene rings is 2. The van der Waals surface area contributed by atoms with Crippen LogP contribution in [0.5, 0.6) is 0 Å². The Kier molecular flexibility index (Phi) is 4.24. The molecule has 1 aliphatic rings. The molecule has 3 aromatic rings. The van der Waals surface area contributed by atoms with Gasteiger partial charge in [0.15, 0.2) is 11.5 Å². The van der Waals surface area contributed by atoms with E-state index in [9.17, 15) is 9.90 Å². The van der Waals surface area contributed by atoms with Gasteiger partial charge in [0.2, 0.25) is 5.91 Å². The lowest BCUT2D eigenvalue weighted by Crippen LogP contribution is -2.28. The first kappa shape index (κ1) is 15.8. The molecule has 1 aliphatic carbocycles. The lowest BCUT2D eigenvalue weighted by molar-refractivity contribution is -0.122. The molecule has 0 aliphatic heterocycles. The zero-order valence-corrected chi connectivity index (χ0v) is 13.8. The first-order valence-corrected chi connectivity index (χ1v) is 8.61. The maximum atomic E-state index is 12.3. The van der Waals surface area contributed by atoms with Gasteiger partial charge in [-0.05, 0) is 37.0 Å². The Morgan fingerprint density at radius 3 is 2.80 bits per heavy atom. The summed E-state index contributed by atoms with van der Waals surface area (Å²) in [5, 5.41) is 12.7. The average Bonchev–Trinajstić information content (AvgIpc) is 3.21. The van der Waals surface area contributed by atoms with Crippen molar-refractivity contribution in [3.63, 3.8) is 0 Å². The van der Waals surface area contributed by atoms with E-state index >= 15 is 0 Å². The predicted molar refractivity (Wildman–Crippen MR) is 95.2 cm³/mol. The maximum absolute atomic E-state index is 12.3. The van der Waals surface area contributed by atoms with E-state index in [1.54, 1.807) is 6.07 Å². The van der Waals surface area contributed by atoms with Gasteiger partial charge in [0.05, 0.1) is 12.0 Å². The Hall–Kier alpha value is -2.66. The summed E-state index contributed by atoms with van der Waals surface area (Å²) in [6.07, 6.45) is 2.42. The molecule has 1 aromatic heterocycles. The number of carbonyl (C=O) groups excluding carboxylic acids is 1. The summed E-state index contributed by atoms with van der Waals surface area (Å²) in [5.74, 6) is 0.198. The Bertz CT molecular complexity index is 888. The number of aliphatic hydroxyl groups is 1. The van der Waals surface area contributed by atoms with Crippen LogP contribution in [0.2, 0.25) is 0 Å². The number of nitrogens with zero attached hydrogens (tertiary/aromatic N) is 1. The zero-order chi connectivity index (χ0) is 17.2. The zero-order valence-electron chi connectivity index (χ0n) is 13.8. The van der Waals surface area contributed by atoms with Crippen LogP contribution in [0.3, 0.4) is 0 Å². The molecule has 5 nitrogen and oxygen atoms in total. The molecule has 1 amide bonds. The molecule has 5 heteroatoms. The Morgan fingerprint density at radius 2 is 2.04 bits per heavy atom. The number of rotatable bonds is 4. The number of aliphatic hydroxyl groups excluding tert-OH is 1. The highest BCUT2D eigenvalue weighted by molar-refractivity contribution is 5.94. The first-order chi connectivity index (χ1) is 12.2. The van der Waals surface area contributed by atoms with Crippen LogP contribution in [0.15, 0.2) is 52.9 Å². The number of hydrogen-bond donors (Lipinski definition) is 2. The number of nitrogens with one attached hydrogen (secondary N) is 1. The summed E-state index contributed by atoms with van der Waals surface area (Å²) >= 11 is 0. The Labute approximate surface area is 145 Å². The molecule has 2 N–H and O–H groups in total. The van der Waals surface area contributed by atoms with Gasteiger partial charge < -0.3 is 14.8 Å². The van der Waals surface area contributed by atoms with Gasteiger partial charge in [0, 0.05) is 18.2 Å². The molecule has 1 fully saturated rings. The van der Waals surface area contributed by atoms with Crippen LogP contribution in [0.25, 0.3) is 11.1 Å². The number of fused-ring (bicyclic) bond motifs is 1. The van der Waals surface area contributed by atoms with Crippen molar-refractivity contribution in [1.82, 2.24) is 4.98 Å². The lowest BCUT2D eigenvalue weighted by atomic mass is 10.1. The monoisotopic (exact) mass is 336 g/mol. The number of carbonyl (C=O) groups is 1. The minimum atomic E-state index is -0.536. The van der Waals surface area contributed by atoms with Crippen molar-refractivity contribution in [3.05, 3.63) is 60.0 Å². The smallest absolute Gasteiger partial charge is 0.230 e. The standard InChI is InChI=1S/C20H20N2O3/c23-17-8-4-7-15(17)20(24)21-14-9-10-16-18(12-14)25-19(22-16)11-13-5-2-1-3-6-13/h1-3,5-6,9-10,12,15,17,23H,4,7-8,11H2,(H,21,24). The van der Waals surface area contributed by atoms with E-state index in [0.29, 0.717) is 30.0 Å². The molecule has 0 saturated heterocycles. The summed E-state index contributed by atoms with van der Waals surface area (Å²) in [4.78, 5) is 16.8. The van der Waals surface area contributed by atoms with Gasteiger partial charge in [-0.25, -0.2) is 4.98 Å². The van der Waals surface area contributed by atoms with Crippen LogP contribution in [-0.4, -0.2) is 22.1 Å². The second-order valence-electron chi connectivity index (χ2n) is 6.55. The van der Waals surface area contributed by atoms with Crippen LogP contribution >= 0.6 is 0 Å². The predicted octanol–water partition coefficient (Wildman–Crippen LogP) is 3.52. The van der Waals surface area contributed by atoms with E-state index in [2.05, 4.69) is 10.3 Å². The maximum Gasteiger partial charge on any atom is 0.230 e. The van der Waals surface area contributed by atoms with Gasteiger partial charge >= 0.3 is 0 Å². The van der Waals surface area contributed by atoms with Gasteiger partial charge in [-0.3, -0.25) is 4.79 Å². The number of aromatic nitrogens is 1. The van der Waals surface area contributed by atoms with Gasteiger partial charge in [0.25, 0.3) is 0 Å². The van der Waals surface area contributed by atoms with Crippen LogP contribution in [0.1, 0.15) is 30.7 Å². The van der Waals surface area contributed by atoms with E-state index in [1.165, 1.54) is 0 Å². The summed E-state index contributed by atoms with van der Waals surface area (Å²) in [7, 11) is 0. The SMILES string of the molecule is O=C(Nc1ccc2nc(Cc3ccccc3)oc2c1)C1CCCC1O. The molecule has 2 atom stereocenters. The molecule has 4 rings (SSSR count). The van der Waals surface area contributed by atoms with Gasteiger partial charge in [-0.1, -0.05) is 30.3 Å². The fourth-order valence-corrected chi connectivity index (χ4v) is 3.38. The number of hydrogen-bond acceptors (Lipinski definition) is 4. The second-order valence-corrected chi connectivity index (χ2v) is 6.55. The minimum Gasteiger partial charge on any atom is -0.440 e. The highest BCUT2D eigenvalue weighted by Gasteiger charge is 2.31. The molecule has 0 spiro atoms. The highest BCUT2D eigenvalue weighted by Crippen LogP contribution is 2.28. The van der Waals surface area contributed by atoms with Gasteiger partial charge in [0.1, 0.15) is 5.52 Å². The lowest BCUT2D eigenvalue weighted by Gasteiger charge is -2.14. The quantitative estimate of drug-likeness (QED) is 0.764. The van der Waals surface area contributed by atoms with Crippen molar-refractivity contribution in [1.29, 1.82) is 0 Å². The van der Waals surface area contributed by atoms with Crippen molar-refractivity contribution in [2.24, 2.45) is 5.92 Å². The molecular formula is C20H20N2O3. The van der Waals surface area contributed by atoms with E-state index < -0.39 is 6.10 Å². The van der Waals surface area contributed by atoms with E-state index in [0.717, 1.165) is 23.9 Å². The van der Waals surface area contributed by atoms with Crippen LogP contribution < -0.4 is 5.32 Å². The van der Waals surface area contributed by atoms with Crippen molar-refractivity contribution in [3.8, 4) is 0 Å². The van der Waals surface area contributed by atoms with E-state index in [1.807, 2.05) is 42.5 Å². The molecule has 1 saturated carbocycles. The molecule has 2 unspecified atom stereocenters. The Balaban J connectivity index is 1.51. The topological polar surface area (TPSA) is 75.4 Å². The van der Waals surface area contributed by atoms with Gasteiger partial charge in [-0.2, -0.15) is 0 Å². The third-order valence-corrected chi connectivity index (χ3v) is 4.71. The van der Waals surface area contributed by atoms with E-state index in [-0.39, 0.29) is 11.8 Å². The molecule has 0 bridgehead atoms. The van der Waals surface area contributed by atoms with Crippen molar-refractivity contribution < 1.29 is 14.3 Å². The number of amides is 1. The molecule has 128 valence electrons. The summed E-state index contributed by atoms with van der Waals surface area (Å²) in [6.45, 7) is 0. The van der Waals surface area contributed by atoms with E-state index in [4.69, 9.17) is 4.42 Å². The molecular weight excluding hydrogens is 316 g/mol. The Morgan fingerprint density at radius 1 is 1.20 bits per heavy atom. The summed E-state index contributed by atoms with van der Waals surface area (Å²) in [6, 6.07) is 15.5. The third-order valence-electron chi connectivity index (χ3n) is 4.71. The fraction of sp³-hybridized carbons (Fsp3) is 0.300. The highest BCUT2D eigenvalue weighted by atomic mass is 16.3.